The van der Waals surface area contributed by atoms with Crippen LogP contribution in [0.3, 0.4) is 0 Å². The van der Waals surface area contributed by atoms with Gasteiger partial charge < -0.3 is 4.74 Å². The number of carbonyl (C=O) groups is 1. The molecule has 124 valence electrons. The number of nitro benzene ring substituents is 1. The van der Waals surface area contributed by atoms with Crippen LogP contribution in [-0.4, -0.2) is 23.7 Å². The Morgan fingerprint density at radius 2 is 2.04 bits per heavy atom. The molecule has 0 aliphatic heterocycles. The quantitative estimate of drug-likeness (QED) is 0.464. The van der Waals surface area contributed by atoms with Gasteiger partial charge in [0.15, 0.2) is 6.61 Å². The van der Waals surface area contributed by atoms with Crippen molar-refractivity contribution in [2.24, 2.45) is 5.10 Å². The third kappa shape index (κ3) is 5.17. The maximum absolute atomic E-state index is 11.7. The lowest BCUT2D eigenvalue weighted by Gasteiger charge is -2.08. The van der Waals surface area contributed by atoms with Gasteiger partial charge in [-0.25, -0.2) is 5.43 Å². The summed E-state index contributed by atoms with van der Waals surface area (Å²) < 4.78 is 6.35. The van der Waals surface area contributed by atoms with Crippen LogP contribution >= 0.6 is 15.9 Å². The first-order chi connectivity index (χ1) is 11.5. The summed E-state index contributed by atoms with van der Waals surface area (Å²) in [5.74, 6) is 0.211. The Morgan fingerprint density at radius 1 is 1.33 bits per heavy atom. The van der Waals surface area contributed by atoms with Gasteiger partial charge in [0.05, 0.1) is 11.1 Å². The van der Waals surface area contributed by atoms with Crippen molar-refractivity contribution < 1.29 is 14.5 Å². The second kappa shape index (κ2) is 8.21. The molecule has 0 aliphatic rings. The fourth-order valence-corrected chi connectivity index (χ4v) is 2.29. The smallest absolute Gasteiger partial charge is 0.277 e. The topological polar surface area (TPSA) is 93.8 Å². The molecule has 0 fully saturated rings. The predicted octanol–water partition coefficient (Wildman–Crippen LogP) is 3.19. The minimum Gasteiger partial charge on any atom is -0.483 e. The Balaban J connectivity index is 1.83. The minimum atomic E-state index is -0.482. The van der Waals surface area contributed by atoms with Crippen LogP contribution in [0.1, 0.15) is 11.1 Å². The molecule has 2 rings (SSSR count). The molecule has 0 radical (unpaired) electrons. The molecule has 0 saturated carbocycles. The highest BCUT2D eigenvalue weighted by Crippen LogP contribution is 2.21. The van der Waals surface area contributed by atoms with Crippen molar-refractivity contribution in [3.63, 3.8) is 0 Å². The number of nitrogens with one attached hydrogen (secondary N) is 1. The lowest BCUT2D eigenvalue weighted by Crippen LogP contribution is -2.24. The maximum Gasteiger partial charge on any atom is 0.277 e. The minimum absolute atomic E-state index is 0.00514. The monoisotopic (exact) mass is 391 g/mol. The van der Waals surface area contributed by atoms with Gasteiger partial charge in [0.25, 0.3) is 11.6 Å². The van der Waals surface area contributed by atoms with E-state index in [0.717, 1.165) is 10.0 Å². The number of amides is 1. The van der Waals surface area contributed by atoms with E-state index in [4.69, 9.17) is 4.74 Å². The van der Waals surface area contributed by atoms with Crippen molar-refractivity contribution >= 4 is 33.7 Å². The van der Waals surface area contributed by atoms with Gasteiger partial charge >= 0.3 is 0 Å². The normalized spacial score (nSPS) is 10.6. The van der Waals surface area contributed by atoms with E-state index < -0.39 is 10.8 Å². The summed E-state index contributed by atoms with van der Waals surface area (Å²) in [4.78, 5) is 21.7. The Kier molecular flexibility index (Phi) is 6.02. The molecule has 2 aromatic rings. The highest BCUT2D eigenvalue weighted by atomic mass is 79.9. The number of halogens is 1. The molecule has 24 heavy (non-hydrogen) atoms. The standard InChI is InChI=1S/C16H14BrN3O4/c1-11-8-13(17)4-7-15(11)24-10-16(21)19-18-9-12-2-5-14(6-3-12)20(22)23/h2-9H,10H2,1H3,(H,19,21). The molecule has 1 N–H and O–H groups in total. The van der Waals surface area contributed by atoms with Gasteiger partial charge in [0, 0.05) is 16.6 Å². The number of hydrogen-bond donors (Lipinski definition) is 1. The Hall–Kier alpha value is -2.74. The lowest BCUT2D eigenvalue weighted by atomic mass is 10.2. The summed E-state index contributed by atoms with van der Waals surface area (Å²) in [6.07, 6.45) is 1.40. The zero-order chi connectivity index (χ0) is 17.5. The number of nitrogens with zero attached hydrogens (tertiary/aromatic N) is 2. The fraction of sp³-hybridized carbons (Fsp3) is 0.125. The second-order valence-corrected chi connectivity index (χ2v) is 5.76. The molecule has 0 atom stereocenters. The number of hydrogen-bond acceptors (Lipinski definition) is 5. The molecule has 0 heterocycles. The molecule has 2 aromatic carbocycles. The highest BCUT2D eigenvalue weighted by Gasteiger charge is 2.05. The van der Waals surface area contributed by atoms with Crippen LogP contribution in [0, 0.1) is 17.0 Å². The zero-order valence-corrected chi connectivity index (χ0v) is 14.3. The SMILES string of the molecule is Cc1cc(Br)ccc1OCC(=O)NN=Cc1ccc([N+](=O)[O-])cc1. The van der Waals surface area contributed by atoms with Gasteiger partial charge in [-0.05, 0) is 48.4 Å². The fourth-order valence-electron chi connectivity index (χ4n) is 1.81. The van der Waals surface area contributed by atoms with Crippen LogP contribution in [0.4, 0.5) is 5.69 Å². The van der Waals surface area contributed by atoms with Crippen LogP contribution < -0.4 is 10.2 Å². The Morgan fingerprint density at radius 3 is 2.67 bits per heavy atom. The van der Waals surface area contributed by atoms with E-state index in [1.807, 2.05) is 19.1 Å². The third-order valence-electron chi connectivity index (χ3n) is 3.00. The summed E-state index contributed by atoms with van der Waals surface area (Å²) >= 11 is 3.35. The molecule has 0 spiro atoms. The van der Waals surface area contributed by atoms with Crippen LogP contribution in [0.2, 0.25) is 0 Å². The highest BCUT2D eigenvalue weighted by molar-refractivity contribution is 9.10. The van der Waals surface area contributed by atoms with Crippen molar-refractivity contribution in [3.05, 3.63) is 68.2 Å². The molecule has 0 saturated heterocycles. The Labute approximate surface area is 146 Å². The molecule has 7 nitrogen and oxygen atoms in total. The van der Waals surface area contributed by atoms with E-state index in [2.05, 4.69) is 26.5 Å². The number of ether oxygens (including phenoxy) is 1. The van der Waals surface area contributed by atoms with Gasteiger partial charge in [-0.2, -0.15) is 5.10 Å². The van der Waals surface area contributed by atoms with Crippen LogP contribution in [0.25, 0.3) is 0 Å². The molecule has 0 bridgehead atoms. The van der Waals surface area contributed by atoms with Crippen molar-refractivity contribution in [2.75, 3.05) is 6.61 Å². The first-order valence-electron chi connectivity index (χ1n) is 6.91. The number of carbonyl (C=O) groups excluding carboxylic acids is 1. The molecular formula is C16H14BrN3O4. The van der Waals surface area contributed by atoms with E-state index in [1.54, 1.807) is 6.07 Å². The van der Waals surface area contributed by atoms with Gasteiger partial charge in [-0.1, -0.05) is 15.9 Å². The van der Waals surface area contributed by atoms with Crippen molar-refractivity contribution in [1.82, 2.24) is 5.43 Å². The predicted molar refractivity (Wildman–Crippen MR) is 93.2 cm³/mol. The van der Waals surface area contributed by atoms with Crippen molar-refractivity contribution in [2.45, 2.75) is 6.92 Å². The third-order valence-corrected chi connectivity index (χ3v) is 3.50. The number of nitro groups is 1. The molecular weight excluding hydrogens is 378 g/mol. The molecule has 0 aliphatic carbocycles. The number of aryl methyl sites for hydroxylation is 1. The summed E-state index contributed by atoms with van der Waals surface area (Å²) in [6, 6.07) is 11.3. The van der Waals surface area contributed by atoms with E-state index in [1.165, 1.54) is 30.5 Å². The first kappa shape index (κ1) is 17.6. The summed E-state index contributed by atoms with van der Waals surface area (Å²) in [5.41, 5.74) is 3.87. The second-order valence-electron chi connectivity index (χ2n) is 4.84. The first-order valence-corrected chi connectivity index (χ1v) is 7.70. The number of hydrazone groups is 1. The van der Waals surface area contributed by atoms with Crippen LogP contribution in [0.15, 0.2) is 52.0 Å². The number of benzene rings is 2. The Bertz CT molecular complexity index is 775. The van der Waals surface area contributed by atoms with Gasteiger partial charge in [0.1, 0.15) is 5.75 Å². The van der Waals surface area contributed by atoms with Crippen molar-refractivity contribution in [3.8, 4) is 5.75 Å². The summed E-state index contributed by atoms with van der Waals surface area (Å²) in [6.45, 7) is 1.71. The largest absolute Gasteiger partial charge is 0.483 e. The van der Waals surface area contributed by atoms with Gasteiger partial charge in [0.2, 0.25) is 0 Å². The van der Waals surface area contributed by atoms with Gasteiger partial charge in [-0.15, -0.1) is 0 Å². The molecule has 1 amide bonds. The lowest BCUT2D eigenvalue weighted by molar-refractivity contribution is -0.384. The van der Waals surface area contributed by atoms with E-state index >= 15 is 0 Å². The van der Waals surface area contributed by atoms with Crippen LogP contribution in [-0.2, 0) is 4.79 Å². The molecule has 0 unspecified atom stereocenters. The maximum atomic E-state index is 11.7. The average Bonchev–Trinajstić information content (AvgIpc) is 2.54. The molecule has 8 heteroatoms. The summed E-state index contributed by atoms with van der Waals surface area (Å²) in [7, 11) is 0. The zero-order valence-electron chi connectivity index (χ0n) is 12.7. The van der Waals surface area contributed by atoms with E-state index in [0.29, 0.717) is 11.3 Å². The van der Waals surface area contributed by atoms with E-state index in [-0.39, 0.29) is 12.3 Å². The van der Waals surface area contributed by atoms with E-state index in [9.17, 15) is 14.9 Å². The average molecular weight is 392 g/mol. The number of non-ortho nitro benzene ring substituents is 1. The molecule has 0 aromatic heterocycles. The van der Waals surface area contributed by atoms with Crippen LogP contribution in [0.5, 0.6) is 5.75 Å². The van der Waals surface area contributed by atoms with Crippen molar-refractivity contribution in [1.29, 1.82) is 0 Å². The van der Waals surface area contributed by atoms with Gasteiger partial charge in [-0.3, -0.25) is 14.9 Å². The number of rotatable bonds is 6. The summed E-state index contributed by atoms with van der Waals surface area (Å²) in [5, 5.41) is 14.3.